The molecule has 0 N–H and O–H groups in total. The van der Waals surface area contributed by atoms with Gasteiger partial charge >= 0.3 is 0 Å². The molecule has 6 heteroatoms. The van der Waals surface area contributed by atoms with Gasteiger partial charge in [-0.3, -0.25) is 4.79 Å². The lowest BCUT2D eigenvalue weighted by molar-refractivity contribution is -0.137. The van der Waals surface area contributed by atoms with E-state index >= 15 is 0 Å². The summed E-state index contributed by atoms with van der Waals surface area (Å²) in [6, 6.07) is 13.4. The van der Waals surface area contributed by atoms with E-state index in [9.17, 15) is 4.79 Å². The van der Waals surface area contributed by atoms with Crippen molar-refractivity contribution in [2.75, 3.05) is 7.05 Å². The Bertz CT molecular complexity index is 891. The van der Waals surface area contributed by atoms with Gasteiger partial charge in [-0.15, -0.1) is 11.3 Å². The number of benzene rings is 2. The van der Waals surface area contributed by atoms with Crippen molar-refractivity contribution in [1.82, 2.24) is 9.88 Å². The highest BCUT2D eigenvalue weighted by Crippen LogP contribution is 2.32. The van der Waals surface area contributed by atoms with E-state index in [1.54, 1.807) is 29.4 Å². The molecule has 3 aromatic rings. The maximum Gasteiger partial charge on any atom is 0.264 e. The summed E-state index contributed by atoms with van der Waals surface area (Å²) >= 11 is 7.61. The predicted molar refractivity (Wildman–Crippen MR) is 95.7 cm³/mol. The minimum atomic E-state index is -0.488. The monoisotopic (exact) mass is 358 g/mol. The van der Waals surface area contributed by atoms with Crippen molar-refractivity contribution in [3.8, 4) is 5.75 Å². The fourth-order valence-corrected chi connectivity index (χ4v) is 4.08. The van der Waals surface area contributed by atoms with E-state index < -0.39 is 6.10 Å². The van der Waals surface area contributed by atoms with Crippen LogP contribution in [0.1, 0.15) is 10.6 Å². The first-order chi connectivity index (χ1) is 11.6. The molecular weight excluding hydrogens is 344 g/mol. The smallest absolute Gasteiger partial charge is 0.264 e. The molecule has 0 aliphatic carbocycles. The zero-order chi connectivity index (χ0) is 16.7. The Balaban J connectivity index is 1.47. The number of carbonyl (C=O) groups is 1. The van der Waals surface area contributed by atoms with Crippen LogP contribution >= 0.6 is 22.9 Å². The largest absolute Gasteiger partial charge is 0.480 e. The van der Waals surface area contributed by atoms with E-state index in [1.165, 1.54) is 0 Å². The van der Waals surface area contributed by atoms with Gasteiger partial charge in [-0.05, 0) is 35.9 Å². The lowest BCUT2D eigenvalue weighted by atomic mass is 10.1. The maximum absolute atomic E-state index is 12.7. The molecule has 0 saturated heterocycles. The van der Waals surface area contributed by atoms with Gasteiger partial charge < -0.3 is 9.64 Å². The molecule has 0 bridgehead atoms. The summed E-state index contributed by atoms with van der Waals surface area (Å²) in [6.07, 6.45) is 0.0664. The Kier molecular flexibility index (Phi) is 3.90. The third kappa shape index (κ3) is 2.85. The van der Waals surface area contributed by atoms with Crippen molar-refractivity contribution in [2.24, 2.45) is 0 Å². The van der Waals surface area contributed by atoms with E-state index in [-0.39, 0.29) is 5.91 Å². The van der Waals surface area contributed by atoms with Crippen LogP contribution in [0.5, 0.6) is 5.75 Å². The van der Waals surface area contributed by atoms with Crippen LogP contribution in [0.3, 0.4) is 0 Å². The van der Waals surface area contributed by atoms with E-state index in [1.807, 2.05) is 36.4 Å². The zero-order valence-electron chi connectivity index (χ0n) is 13.0. The predicted octanol–water partition coefficient (Wildman–Crippen LogP) is 3.91. The summed E-state index contributed by atoms with van der Waals surface area (Å²) in [5, 5.41) is 1.58. The van der Waals surface area contributed by atoms with Crippen LogP contribution in [0.25, 0.3) is 10.2 Å². The van der Waals surface area contributed by atoms with E-state index in [4.69, 9.17) is 16.3 Å². The van der Waals surface area contributed by atoms with E-state index in [0.717, 1.165) is 26.5 Å². The molecule has 0 spiro atoms. The Morgan fingerprint density at radius 1 is 1.38 bits per heavy atom. The molecule has 4 nitrogen and oxygen atoms in total. The number of likely N-dealkylation sites (N-methyl/N-ethyl adjacent to an activating group) is 1. The molecule has 1 amide bonds. The number of ether oxygens (including phenoxy) is 1. The molecule has 0 fully saturated rings. The van der Waals surface area contributed by atoms with Crippen LogP contribution in [-0.4, -0.2) is 28.9 Å². The standard InChI is InChI=1S/C18H15ClN2O2S/c1-21(10-17-20-13-4-2-3-5-16(13)24-17)18(22)15-9-11-8-12(19)6-7-14(11)23-15/h2-8,15H,9-10H2,1H3/t15-/m1/s1. The first-order valence-corrected chi connectivity index (χ1v) is 8.84. The Morgan fingerprint density at radius 3 is 3.04 bits per heavy atom. The van der Waals surface area contributed by atoms with Gasteiger partial charge in [0.2, 0.25) is 0 Å². The molecule has 0 unspecified atom stereocenters. The second kappa shape index (κ2) is 6.07. The number of nitrogens with zero attached hydrogens (tertiary/aromatic N) is 2. The van der Waals surface area contributed by atoms with Gasteiger partial charge in [0, 0.05) is 18.5 Å². The SMILES string of the molecule is CN(Cc1nc2ccccc2s1)C(=O)[C@H]1Cc2cc(Cl)ccc2O1. The van der Waals surface area contributed by atoms with Gasteiger partial charge in [0.05, 0.1) is 16.8 Å². The third-order valence-electron chi connectivity index (χ3n) is 4.06. The summed E-state index contributed by atoms with van der Waals surface area (Å²) < 4.78 is 6.91. The maximum atomic E-state index is 12.7. The van der Waals surface area contributed by atoms with Crippen LogP contribution in [0, 0.1) is 0 Å². The lowest BCUT2D eigenvalue weighted by Crippen LogP contribution is -2.38. The first kappa shape index (κ1) is 15.4. The second-order valence-electron chi connectivity index (χ2n) is 5.83. The minimum absolute atomic E-state index is 0.0402. The summed E-state index contributed by atoms with van der Waals surface area (Å²) in [6.45, 7) is 0.481. The summed E-state index contributed by atoms with van der Waals surface area (Å²) in [5.41, 5.74) is 1.95. The summed E-state index contributed by atoms with van der Waals surface area (Å²) in [4.78, 5) is 18.9. The Hall–Kier alpha value is -2.11. The van der Waals surface area contributed by atoms with Crippen LogP contribution < -0.4 is 4.74 Å². The first-order valence-electron chi connectivity index (χ1n) is 7.64. The van der Waals surface area contributed by atoms with Crippen LogP contribution in [0.2, 0.25) is 5.02 Å². The summed E-state index contributed by atoms with van der Waals surface area (Å²) in [7, 11) is 1.79. The van der Waals surface area contributed by atoms with Crippen molar-refractivity contribution < 1.29 is 9.53 Å². The van der Waals surface area contributed by atoms with Crippen molar-refractivity contribution in [3.63, 3.8) is 0 Å². The number of carbonyl (C=O) groups excluding carboxylic acids is 1. The fraction of sp³-hybridized carbons (Fsp3) is 0.222. The van der Waals surface area contributed by atoms with Gasteiger partial charge in [0.15, 0.2) is 6.10 Å². The number of amides is 1. The van der Waals surface area contributed by atoms with Crippen LogP contribution in [-0.2, 0) is 17.8 Å². The average molecular weight is 359 g/mol. The third-order valence-corrected chi connectivity index (χ3v) is 5.32. The molecule has 4 rings (SSSR count). The van der Waals surface area contributed by atoms with E-state index in [0.29, 0.717) is 18.0 Å². The van der Waals surface area contributed by atoms with Gasteiger partial charge in [-0.1, -0.05) is 23.7 Å². The van der Waals surface area contributed by atoms with Crippen LogP contribution in [0.4, 0.5) is 0 Å². The number of thiazole rings is 1. The molecule has 1 aliphatic rings. The van der Waals surface area contributed by atoms with Gasteiger partial charge in [-0.2, -0.15) is 0 Å². The zero-order valence-corrected chi connectivity index (χ0v) is 14.6. The van der Waals surface area contributed by atoms with Gasteiger partial charge in [0.1, 0.15) is 10.8 Å². The number of rotatable bonds is 3. The average Bonchev–Trinajstić information content (AvgIpc) is 3.16. The second-order valence-corrected chi connectivity index (χ2v) is 7.38. The van der Waals surface area contributed by atoms with E-state index in [2.05, 4.69) is 4.98 Å². The molecule has 1 aromatic heterocycles. The highest BCUT2D eigenvalue weighted by atomic mass is 35.5. The highest BCUT2D eigenvalue weighted by molar-refractivity contribution is 7.18. The Labute approximate surface area is 148 Å². The molecule has 122 valence electrons. The minimum Gasteiger partial charge on any atom is -0.480 e. The van der Waals surface area contributed by atoms with Crippen LogP contribution in [0.15, 0.2) is 42.5 Å². The molecule has 1 atom stereocenters. The Morgan fingerprint density at radius 2 is 2.21 bits per heavy atom. The van der Waals surface area contributed by atoms with Gasteiger partial charge in [0.25, 0.3) is 5.91 Å². The van der Waals surface area contributed by atoms with Crippen molar-refractivity contribution in [3.05, 3.63) is 58.1 Å². The molecule has 1 aliphatic heterocycles. The normalized spacial score (nSPS) is 16.0. The highest BCUT2D eigenvalue weighted by Gasteiger charge is 2.31. The lowest BCUT2D eigenvalue weighted by Gasteiger charge is -2.19. The number of aromatic nitrogens is 1. The van der Waals surface area contributed by atoms with Gasteiger partial charge in [-0.25, -0.2) is 4.98 Å². The molecule has 0 saturated carbocycles. The number of halogens is 1. The summed E-state index contributed by atoms with van der Waals surface area (Å²) in [5.74, 6) is 0.702. The number of hydrogen-bond acceptors (Lipinski definition) is 4. The number of fused-ring (bicyclic) bond motifs is 2. The molecule has 2 heterocycles. The topological polar surface area (TPSA) is 42.4 Å². The fourth-order valence-electron chi connectivity index (χ4n) is 2.87. The molecular formula is C18H15ClN2O2S. The molecule has 2 aromatic carbocycles. The molecule has 24 heavy (non-hydrogen) atoms. The number of para-hydroxylation sites is 1. The quantitative estimate of drug-likeness (QED) is 0.712. The van der Waals surface area contributed by atoms with Crippen molar-refractivity contribution in [2.45, 2.75) is 19.1 Å². The number of hydrogen-bond donors (Lipinski definition) is 0. The van der Waals surface area contributed by atoms with Crippen molar-refractivity contribution in [1.29, 1.82) is 0 Å². The van der Waals surface area contributed by atoms with Crippen molar-refractivity contribution >= 4 is 39.1 Å². The molecule has 0 radical (unpaired) electrons.